The number of ether oxygens (including phenoxy) is 7. The van der Waals surface area contributed by atoms with Crippen LogP contribution in [0.15, 0.2) is 77.9 Å². The molecule has 1 heterocycles. The van der Waals surface area contributed by atoms with Gasteiger partial charge in [-0.3, -0.25) is 0 Å². The molecule has 0 bridgehead atoms. The number of methoxy groups -OCH3 is 3. The maximum Gasteiger partial charge on any atom is 0.166 e. The standard InChI is InChI=1S/C30H35N3O8/c1-35-23-10-4-20(5-11-23)16-38-19-26-28(39-17-21-6-12-24(36-2)13-7-21)29(27(32-33-31)30(34)41-26)40-18-22-8-14-25(37-3)15-9-22/h4-15,26-30,34H,16-19H2,1-3H3/t26?,27?,28-,29+,30?/m0/s1. The quantitative estimate of drug-likeness (QED) is 0.167. The zero-order valence-corrected chi connectivity index (χ0v) is 23.3. The fourth-order valence-corrected chi connectivity index (χ4v) is 4.46. The monoisotopic (exact) mass is 565 g/mol. The molecule has 0 saturated carbocycles. The number of hydrogen-bond donors (Lipinski definition) is 1. The van der Waals surface area contributed by atoms with Crippen LogP contribution >= 0.6 is 0 Å². The molecular formula is C30H35N3O8. The van der Waals surface area contributed by atoms with Crippen molar-refractivity contribution in [2.75, 3.05) is 27.9 Å². The van der Waals surface area contributed by atoms with Gasteiger partial charge in [0, 0.05) is 4.91 Å². The minimum Gasteiger partial charge on any atom is -0.497 e. The van der Waals surface area contributed by atoms with Crippen molar-refractivity contribution in [3.63, 3.8) is 0 Å². The molecule has 1 fully saturated rings. The van der Waals surface area contributed by atoms with E-state index in [1.165, 1.54) is 0 Å². The molecule has 1 saturated heterocycles. The second kappa shape index (κ2) is 15.2. The molecule has 1 aliphatic heterocycles. The highest BCUT2D eigenvalue weighted by atomic mass is 16.7. The Kier molecular flexibility index (Phi) is 11.2. The van der Waals surface area contributed by atoms with Crippen LogP contribution in [0.4, 0.5) is 0 Å². The summed E-state index contributed by atoms with van der Waals surface area (Å²) in [6.07, 6.45) is -3.69. The molecule has 1 N–H and O–H groups in total. The highest BCUT2D eigenvalue weighted by molar-refractivity contribution is 5.28. The van der Waals surface area contributed by atoms with E-state index in [9.17, 15) is 10.6 Å². The number of rotatable bonds is 14. The summed E-state index contributed by atoms with van der Waals surface area (Å²) in [5.41, 5.74) is 11.9. The Morgan fingerprint density at radius 2 is 1.15 bits per heavy atom. The van der Waals surface area contributed by atoms with Gasteiger partial charge < -0.3 is 38.3 Å². The summed E-state index contributed by atoms with van der Waals surface area (Å²) in [5, 5.41) is 14.6. The molecular weight excluding hydrogens is 530 g/mol. The van der Waals surface area contributed by atoms with Crippen molar-refractivity contribution in [1.82, 2.24) is 0 Å². The molecule has 1 aliphatic rings. The second-order valence-electron chi connectivity index (χ2n) is 9.37. The first-order valence-corrected chi connectivity index (χ1v) is 13.1. The summed E-state index contributed by atoms with van der Waals surface area (Å²) in [5.74, 6) is 2.20. The topological polar surface area (TPSA) is 134 Å². The van der Waals surface area contributed by atoms with Gasteiger partial charge >= 0.3 is 0 Å². The van der Waals surface area contributed by atoms with E-state index in [-0.39, 0.29) is 19.8 Å². The summed E-state index contributed by atoms with van der Waals surface area (Å²) in [6, 6.07) is 21.4. The van der Waals surface area contributed by atoms with Crippen molar-refractivity contribution in [2.45, 2.75) is 50.5 Å². The number of aliphatic hydroxyl groups is 1. The Hall–Kier alpha value is -3.83. The molecule has 0 spiro atoms. The Labute approximate surface area is 239 Å². The van der Waals surface area contributed by atoms with Crippen LogP contribution < -0.4 is 14.2 Å². The van der Waals surface area contributed by atoms with Crippen LogP contribution in [0.25, 0.3) is 10.4 Å². The van der Waals surface area contributed by atoms with Gasteiger partial charge in [-0.25, -0.2) is 0 Å². The van der Waals surface area contributed by atoms with Gasteiger partial charge in [-0.2, -0.15) is 0 Å². The first-order chi connectivity index (χ1) is 20.0. The average molecular weight is 566 g/mol. The minimum absolute atomic E-state index is 0.0990. The summed E-state index contributed by atoms with van der Waals surface area (Å²) < 4.78 is 40.2. The lowest BCUT2D eigenvalue weighted by Gasteiger charge is -2.43. The molecule has 0 radical (unpaired) electrons. The number of nitrogens with zero attached hydrogens (tertiary/aromatic N) is 3. The molecule has 3 aromatic carbocycles. The number of azide groups is 1. The maximum atomic E-state index is 10.8. The van der Waals surface area contributed by atoms with E-state index in [4.69, 9.17) is 33.2 Å². The largest absolute Gasteiger partial charge is 0.497 e. The van der Waals surface area contributed by atoms with E-state index in [0.29, 0.717) is 6.61 Å². The van der Waals surface area contributed by atoms with Crippen molar-refractivity contribution < 1.29 is 38.3 Å². The van der Waals surface area contributed by atoms with Gasteiger partial charge in [0.1, 0.15) is 41.6 Å². The van der Waals surface area contributed by atoms with Crippen molar-refractivity contribution in [3.8, 4) is 17.2 Å². The van der Waals surface area contributed by atoms with Gasteiger partial charge in [0.2, 0.25) is 0 Å². The maximum absolute atomic E-state index is 10.8. The number of benzene rings is 3. The molecule has 11 nitrogen and oxygen atoms in total. The van der Waals surface area contributed by atoms with E-state index in [2.05, 4.69) is 10.0 Å². The zero-order valence-electron chi connectivity index (χ0n) is 23.3. The molecule has 4 rings (SSSR count). The van der Waals surface area contributed by atoms with Crippen molar-refractivity contribution in [3.05, 3.63) is 99.9 Å². The third-order valence-corrected chi connectivity index (χ3v) is 6.73. The summed E-state index contributed by atoms with van der Waals surface area (Å²) >= 11 is 0. The predicted octanol–water partition coefficient (Wildman–Crippen LogP) is 4.80. The molecule has 3 aromatic rings. The van der Waals surface area contributed by atoms with E-state index in [0.717, 1.165) is 33.9 Å². The lowest BCUT2D eigenvalue weighted by Crippen LogP contribution is -2.59. The molecule has 218 valence electrons. The molecule has 0 aromatic heterocycles. The SMILES string of the molecule is COc1ccc(COCC2OC(O)C(N=[N+]=[N-])[C@@H](OCc3ccc(OC)cc3)[C@H]2OCc2ccc(OC)cc2)cc1. The summed E-state index contributed by atoms with van der Waals surface area (Å²) in [7, 11) is 4.81. The van der Waals surface area contributed by atoms with Crippen LogP contribution in [-0.4, -0.2) is 63.7 Å². The van der Waals surface area contributed by atoms with Crippen molar-refractivity contribution in [1.29, 1.82) is 0 Å². The summed E-state index contributed by atoms with van der Waals surface area (Å²) in [6.45, 7) is 0.805. The smallest absolute Gasteiger partial charge is 0.166 e. The fourth-order valence-electron chi connectivity index (χ4n) is 4.46. The Bertz CT molecular complexity index is 1250. The van der Waals surface area contributed by atoms with Gasteiger partial charge in [0.05, 0.1) is 47.8 Å². The average Bonchev–Trinajstić information content (AvgIpc) is 3.01. The third-order valence-electron chi connectivity index (χ3n) is 6.73. The van der Waals surface area contributed by atoms with Gasteiger partial charge in [-0.1, -0.05) is 41.5 Å². The molecule has 5 atom stereocenters. The van der Waals surface area contributed by atoms with Crippen LogP contribution in [0, 0.1) is 0 Å². The molecule has 0 aliphatic carbocycles. The minimum atomic E-state index is -1.41. The van der Waals surface area contributed by atoms with Gasteiger partial charge in [-0.15, -0.1) is 0 Å². The summed E-state index contributed by atoms with van der Waals surface area (Å²) in [4.78, 5) is 2.93. The van der Waals surface area contributed by atoms with Crippen LogP contribution in [-0.2, 0) is 38.8 Å². The van der Waals surface area contributed by atoms with Crippen molar-refractivity contribution >= 4 is 0 Å². The zero-order chi connectivity index (χ0) is 29.0. The molecule has 3 unspecified atom stereocenters. The van der Waals surface area contributed by atoms with E-state index in [1.54, 1.807) is 21.3 Å². The van der Waals surface area contributed by atoms with Crippen LogP contribution in [0.3, 0.4) is 0 Å². The lowest BCUT2D eigenvalue weighted by molar-refractivity contribution is -0.273. The Balaban J connectivity index is 1.52. The van der Waals surface area contributed by atoms with E-state index < -0.39 is 30.6 Å². The number of hydrogen-bond acceptors (Lipinski definition) is 9. The van der Waals surface area contributed by atoms with Gasteiger partial charge in [-0.05, 0) is 58.6 Å². The first kappa shape index (κ1) is 30.1. The van der Waals surface area contributed by atoms with Crippen LogP contribution in [0.5, 0.6) is 17.2 Å². The van der Waals surface area contributed by atoms with E-state index in [1.807, 2.05) is 72.8 Å². The molecule has 0 amide bonds. The predicted molar refractivity (Wildman–Crippen MR) is 150 cm³/mol. The van der Waals surface area contributed by atoms with Crippen LogP contribution in [0.2, 0.25) is 0 Å². The highest BCUT2D eigenvalue weighted by Crippen LogP contribution is 2.30. The lowest BCUT2D eigenvalue weighted by atomic mass is 9.96. The highest BCUT2D eigenvalue weighted by Gasteiger charge is 2.47. The molecule has 41 heavy (non-hydrogen) atoms. The van der Waals surface area contributed by atoms with Gasteiger partial charge in [0.25, 0.3) is 0 Å². The third kappa shape index (κ3) is 8.34. The number of aliphatic hydroxyl groups excluding tert-OH is 1. The van der Waals surface area contributed by atoms with Crippen molar-refractivity contribution in [2.24, 2.45) is 5.11 Å². The Morgan fingerprint density at radius 3 is 1.59 bits per heavy atom. The molecule has 11 heteroatoms. The fraction of sp³-hybridized carbons (Fsp3) is 0.400. The normalized spacial score (nSPS) is 22.0. The van der Waals surface area contributed by atoms with E-state index >= 15 is 0 Å². The van der Waals surface area contributed by atoms with Crippen LogP contribution in [0.1, 0.15) is 16.7 Å². The van der Waals surface area contributed by atoms with Gasteiger partial charge in [0.15, 0.2) is 6.29 Å². The Morgan fingerprint density at radius 1 is 0.707 bits per heavy atom. The first-order valence-electron chi connectivity index (χ1n) is 13.1. The second-order valence-corrected chi connectivity index (χ2v) is 9.37.